The minimum Gasteiger partial charge on any atom is -0.495 e. The van der Waals surface area contributed by atoms with E-state index >= 15 is 0 Å². The molecule has 0 spiro atoms. The molecule has 0 radical (unpaired) electrons. The fourth-order valence-electron chi connectivity index (χ4n) is 3.05. The third-order valence-corrected chi connectivity index (χ3v) is 4.63. The number of anilines is 1. The predicted octanol–water partition coefficient (Wildman–Crippen LogP) is 2.56. The molecule has 9 nitrogen and oxygen atoms in total. The summed E-state index contributed by atoms with van der Waals surface area (Å²) in [7, 11) is 1.49. The first-order valence-corrected chi connectivity index (χ1v) is 9.36. The maximum atomic E-state index is 12.7. The standard InChI is InChI=1S/C20H17ClN6O3/c1-12-23-15(14-5-3-4-8-22-14)10-18-25-26(20(29)27(12)18)11-19(28)24-16-9-13(21)6-7-17(16)30-2/h3-10H,11H2,1-2H3,(H,24,28). The van der Waals surface area contributed by atoms with Crippen molar-refractivity contribution >= 4 is 28.8 Å². The highest BCUT2D eigenvalue weighted by atomic mass is 35.5. The number of ether oxygens (including phenoxy) is 1. The summed E-state index contributed by atoms with van der Waals surface area (Å²) in [5.74, 6) is 0.452. The predicted molar refractivity (Wildman–Crippen MR) is 112 cm³/mol. The van der Waals surface area contributed by atoms with Crippen LogP contribution in [-0.2, 0) is 11.3 Å². The zero-order valence-corrected chi connectivity index (χ0v) is 16.9. The summed E-state index contributed by atoms with van der Waals surface area (Å²) in [6, 6.07) is 12.0. The van der Waals surface area contributed by atoms with Gasteiger partial charge in [0.1, 0.15) is 18.1 Å². The van der Waals surface area contributed by atoms with Crippen LogP contribution in [0.5, 0.6) is 5.75 Å². The molecule has 1 N–H and O–H groups in total. The largest absolute Gasteiger partial charge is 0.495 e. The molecule has 1 aromatic carbocycles. The molecule has 4 rings (SSSR count). The van der Waals surface area contributed by atoms with Gasteiger partial charge in [-0.1, -0.05) is 17.7 Å². The Morgan fingerprint density at radius 3 is 2.77 bits per heavy atom. The number of rotatable bonds is 5. The molecule has 0 saturated carbocycles. The number of methoxy groups -OCH3 is 1. The second kappa shape index (κ2) is 7.96. The molecule has 4 aromatic rings. The lowest BCUT2D eigenvalue weighted by atomic mass is 10.2. The summed E-state index contributed by atoms with van der Waals surface area (Å²) < 4.78 is 7.65. The molecular formula is C20H17ClN6O3. The van der Waals surface area contributed by atoms with Gasteiger partial charge in [0.25, 0.3) is 0 Å². The lowest BCUT2D eigenvalue weighted by molar-refractivity contribution is -0.117. The quantitative estimate of drug-likeness (QED) is 0.528. The van der Waals surface area contributed by atoms with E-state index in [2.05, 4.69) is 20.4 Å². The van der Waals surface area contributed by atoms with Crippen LogP contribution in [0.25, 0.3) is 17.0 Å². The van der Waals surface area contributed by atoms with Crippen molar-refractivity contribution in [2.24, 2.45) is 0 Å². The molecule has 0 aliphatic carbocycles. The Bertz CT molecular complexity index is 1300. The topological polar surface area (TPSA) is 103 Å². The molecule has 30 heavy (non-hydrogen) atoms. The van der Waals surface area contributed by atoms with Crippen LogP contribution < -0.4 is 15.7 Å². The summed E-state index contributed by atoms with van der Waals surface area (Å²) in [6.45, 7) is 1.41. The number of carbonyl (C=O) groups excluding carboxylic acids is 1. The number of carbonyl (C=O) groups is 1. The second-order valence-corrected chi connectivity index (χ2v) is 6.87. The van der Waals surface area contributed by atoms with Gasteiger partial charge in [0, 0.05) is 17.3 Å². The average molecular weight is 425 g/mol. The number of aromatic nitrogens is 5. The van der Waals surface area contributed by atoms with Gasteiger partial charge in [-0.15, -0.1) is 5.10 Å². The van der Waals surface area contributed by atoms with Gasteiger partial charge >= 0.3 is 5.69 Å². The third-order valence-electron chi connectivity index (χ3n) is 4.39. The van der Waals surface area contributed by atoms with Crippen molar-refractivity contribution in [2.75, 3.05) is 12.4 Å². The van der Waals surface area contributed by atoms with Crippen LogP contribution in [0.15, 0.2) is 53.5 Å². The molecule has 10 heteroatoms. The number of amides is 1. The number of benzene rings is 1. The zero-order valence-electron chi connectivity index (χ0n) is 16.2. The summed E-state index contributed by atoms with van der Waals surface area (Å²) in [6.07, 6.45) is 1.66. The van der Waals surface area contributed by atoms with Crippen molar-refractivity contribution in [3.05, 3.63) is 70.0 Å². The first kappa shape index (κ1) is 19.6. The second-order valence-electron chi connectivity index (χ2n) is 6.43. The monoisotopic (exact) mass is 424 g/mol. The number of pyridine rings is 1. The summed E-state index contributed by atoms with van der Waals surface area (Å²) in [4.78, 5) is 34.0. The molecule has 3 aromatic heterocycles. The SMILES string of the molecule is COc1ccc(Cl)cc1NC(=O)Cn1nc2cc(-c3ccccn3)nc(C)n2c1=O. The Balaban J connectivity index is 1.64. The minimum atomic E-state index is -0.462. The van der Waals surface area contributed by atoms with Crippen molar-refractivity contribution in [2.45, 2.75) is 13.5 Å². The fourth-order valence-corrected chi connectivity index (χ4v) is 3.23. The highest BCUT2D eigenvalue weighted by molar-refractivity contribution is 6.31. The van der Waals surface area contributed by atoms with Gasteiger partial charge in [0.2, 0.25) is 5.91 Å². The summed E-state index contributed by atoms with van der Waals surface area (Å²) in [5, 5.41) is 7.42. The van der Waals surface area contributed by atoms with Crippen LogP contribution in [0.2, 0.25) is 5.02 Å². The van der Waals surface area contributed by atoms with E-state index in [1.165, 1.54) is 11.5 Å². The number of hydrogen-bond donors (Lipinski definition) is 1. The molecule has 152 valence electrons. The molecular weight excluding hydrogens is 408 g/mol. The van der Waals surface area contributed by atoms with Crippen LogP contribution in [0.3, 0.4) is 0 Å². The normalized spacial score (nSPS) is 10.9. The maximum absolute atomic E-state index is 12.7. The van der Waals surface area contributed by atoms with Gasteiger partial charge in [0.15, 0.2) is 5.65 Å². The van der Waals surface area contributed by atoms with Crippen molar-refractivity contribution in [3.63, 3.8) is 0 Å². The van der Waals surface area contributed by atoms with Gasteiger partial charge < -0.3 is 10.1 Å². The highest BCUT2D eigenvalue weighted by Gasteiger charge is 2.16. The Morgan fingerprint density at radius 1 is 1.20 bits per heavy atom. The Kier molecular flexibility index (Phi) is 5.20. The molecule has 0 fully saturated rings. The number of halogens is 1. The van der Waals surface area contributed by atoms with Crippen molar-refractivity contribution in [1.29, 1.82) is 0 Å². The van der Waals surface area contributed by atoms with Gasteiger partial charge in [-0.2, -0.15) is 0 Å². The maximum Gasteiger partial charge on any atom is 0.352 e. The molecule has 0 unspecified atom stereocenters. The fraction of sp³-hybridized carbons (Fsp3) is 0.150. The lowest BCUT2D eigenvalue weighted by Crippen LogP contribution is -2.29. The summed E-state index contributed by atoms with van der Waals surface area (Å²) in [5.41, 5.74) is 1.57. The average Bonchev–Trinajstić information content (AvgIpc) is 3.04. The minimum absolute atomic E-state index is 0.283. The van der Waals surface area contributed by atoms with Gasteiger partial charge in [-0.25, -0.2) is 18.9 Å². The molecule has 0 aliphatic rings. The molecule has 3 heterocycles. The Labute approximate surface area is 175 Å². The highest BCUT2D eigenvalue weighted by Crippen LogP contribution is 2.27. The number of nitrogens with one attached hydrogen (secondary N) is 1. The van der Waals surface area contributed by atoms with Crippen molar-refractivity contribution < 1.29 is 9.53 Å². The Hall–Kier alpha value is -3.72. The lowest BCUT2D eigenvalue weighted by Gasteiger charge is -2.10. The van der Waals surface area contributed by atoms with Crippen LogP contribution in [0, 0.1) is 6.92 Å². The first-order chi connectivity index (χ1) is 14.5. The third kappa shape index (κ3) is 3.74. The van der Waals surface area contributed by atoms with Gasteiger partial charge in [0.05, 0.1) is 24.2 Å². The van der Waals surface area contributed by atoms with E-state index in [1.54, 1.807) is 37.4 Å². The molecule has 1 amide bonds. The first-order valence-electron chi connectivity index (χ1n) is 8.98. The van der Waals surface area contributed by atoms with Gasteiger partial charge in [-0.05, 0) is 37.3 Å². The number of nitrogens with zero attached hydrogens (tertiary/aromatic N) is 5. The van der Waals surface area contributed by atoms with Gasteiger partial charge in [-0.3, -0.25) is 9.78 Å². The number of aryl methyl sites for hydroxylation is 1. The van der Waals surface area contributed by atoms with Crippen LogP contribution in [0.1, 0.15) is 5.82 Å². The number of hydrogen-bond acceptors (Lipinski definition) is 6. The zero-order chi connectivity index (χ0) is 21.3. The Morgan fingerprint density at radius 2 is 2.03 bits per heavy atom. The van der Waals surface area contributed by atoms with Crippen LogP contribution in [-0.4, -0.2) is 37.2 Å². The van der Waals surface area contributed by atoms with Crippen molar-refractivity contribution in [3.8, 4) is 17.1 Å². The van der Waals surface area contributed by atoms with E-state index in [0.29, 0.717) is 39.3 Å². The van der Waals surface area contributed by atoms with E-state index in [1.807, 2.05) is 18.2 Å². The number of fused-ring (bicyclic) bond motifs is 1. The van der Waals surface area contributed by atoms with E-state index in [-0.39, 0.29) is 6.54 Å². The van der Waals surface area contributed by atoms with Crippen molar-refractivity contribution in [1.82, 2.24) is 24.1 Å². The van der Waals surface area contributed by atoms with E-state index in [4.69, 9.17) is 16.3 Å². The van der Waals surface area contributed by atoms with E-state index in [9.17, 15) is 9.59 Å². The summed E-state index contributed by atoms with van der Waals surface area (Å²) >= 11 is 5.99. The molecule has 0 aliphatic heterocycles. The molecule has 0 bridgehead atoms. The van der Waals surface area contributed by atoms with Crippen LogP contribution >= 0.6 is 11.6 Å². The van der Waals surface area contributed by atoms with E-state index < -0.39 is 11.6 Å². The molecule has 0 atom stereocenters. The smallest absolute Gasteiger partial charge is 0.352 e. The van der Waals surface area contributed by atoms with E-state index in [0.717, 1.165) is 4.68 Å². The molecule has 0 saturated heterocycles. The van der Waals surface area contributed by atoms with Crippen LogP contribution in [0.4, 0.5) is 5.69 Å².